The smallest absolute Gasteiger partial charge is 0.407 e. The van der Waals surface area contributed by atoms with Crippen LogP contribution in [0.5, 0.6) is 17.2 Å². The van der Waals surface area contributed by atoms with Crippen LogP contribution in [0, 0.1) is 0 Å². The Morgan fingerprint density at radius 3 is 2.84 bits per heavy atom. The van der Waals surface area contributed by atoms with Crippen LogP contribution in [-0.2, 0) is 11.3 Å². The first-order valence-electron chi connectivity index (χ1n) is 8.10. The molecular formula is C19H21NO5. The predicted octanol–water partition coefficient (Wildman–Crippen LogP) is 3.15. The first-order chi connectivity index (χ1) is 12.2. The second-order valence-corrected chi connectivity index (χ2v) is 5.77. The number of nitrogens with one attached hydrogen (secondary N) is 1. The fourth-order valence-electron chi connectivity index (χ4n) is 2.51. The van der Waals surface area contributed by atoms with Gasteiger partial charge < -0.3 is 24.3 Å². The number of ether oxygens (including phenoxy) is 4. The van der Waals surface area contributed by atoms with Crippen molar-refractivity contribution in [2.24, 2.45) is 0 Å². The summed E-state index contributed by atoms with van der Waals surface area (Å²) in [7, 11) is 1.60. The van der Waals surface area contributed by atoms with Gasteiger partial charge in [0, 0.05) is 0 Å². The number of amides is 1. The van der Waals surface area contributed by atoms with Gasteiger partial charge in [-0.3, -0.25) is 0 Å². The molecular weight excluding hydrogens is 322 g/mol. The monoisotopic (exact) mass is 343 g/mol. The molecule has 6 nitrogen and oxygen atoms in total. The maximum atomic E-state index is 12.0. The molecule has 132 valence electrons. The summed E-state index contributed by atoms with van der Waals surface area (Å²) >= 11 is 0. The summed E-state index contributed by atoms with van der Waals surface area (Å²) in [5.74, 6) is 2.12. The Kier molecular flexibility index (Phi) is 5.28. The summed E-state index contributed by atoms with van der Waals surface area (Å²) in [4.78, 5) is 12.0. The summed E-state index contributed by atoms with van der Waals surface area (Å²) < 4.78 is 21.9. The standard InChI is InChI=1S/C19H21NO5/c1-13(18-12-23-16-8-3-4-9-17(16)25-18)20-19(21)24-11-14-6-5-7-15(10-14)22-2/h3-10,13,18H,11-12H2,1-2H3,(H,20,21)/t13-,18-/m0/s1. The van der Waals surface area contributed by atoms with E-state index in [1.807, 2.05) is 55.5 Å². The zero-order valence-electron chi connectivity index (χ0n) is 14.2. The van der Waals surface area contributed by atoms with Crippen molar-refractivity contribution in [3.63, 3.8) is 0 Å². The SMILES string of the molecule is COc1cccc(COC(=O)N[C@@H](C)[C@@H]2COc3ccccc3O2)c1. The number of para-hydroxylation sites is 2. The number of carbonyl (C=O) groups is 1. The summed E-state index contributed by atoms with van der Waals surface area (Å²) in [5.41, 5.74) is 0.855. The lowest BCUT2D eigenvalue weighted by Gasteiger charge is -2.30. The van der Waals surface area contributed by atoms with Crippen molar-refractivity contribution in [3.05, 3.63) is 54.1 Å². The minimum atomic E-state index is -0.502. The summed E-state index contributed by atoms with van der Waals surface area (Å²) in [6, 6.07) is 14.6. The maximum Gasteiger partial charge on any atom is 0.407 e. The third-order valence-corrected chi connectivity index (χ3v) is 3.94. The quantitative estimate of drug-likeness (QED) is 0.903. The molecule has 25 heavy (non-hydrogen) atoms. The summed E-state index contributed by atoms with van der Waals surface area (Å²) in [6.45, 7) is 2.39. The molecule has 1 heterocycles. The van der Waals surface area contributed by atoms with Gasteiger partial charge >= 0.3 is 6.09 Å². The molecule has 6 heteroatoms. The average molecular weight is 343 g/mol. The molecule has 1 aliphatic heterocycles. The Balaban J connectivity index is 1.49. The highest BCUT2D eigenvalue weighted by atomic mass is 16.6. The number of fused-ring (bicyclic) bond motifs is 1. The molecule has 0 bridgehead atoms. The molecule has 0 fully saturated rings. The highest BCUT2D eigenvalue weighted by molar-refractivity contribution is 5.67. The second-order valence-electron chi connectivity index (χ2n) is 5.77. The van der Waals surface area contributed by atoms with Gasteiger partial charge in [-0.15, -0.1) is 0 Å². The van der Waals surface area contributed by atoms with Crippen LogP contribution < -0.4 is 19.5 Å². The van der Waals surface area contributed by atoms with Crippen molar-refractivity contribution in [1.29, 1.82) is 0 Å². The lowest BCUT2D eigenvalue weighted by molar-refractivity contribution is 0.0618. The summed E-state index contributed by atoms with van der Waals surface area (Å²) in [6.07, 6.45) is -0.781. The van der Waals surface area contributed by atoms with Gasteiger partial charge in [0.15, 0.2) is 17.6 Å². The van der Waals surface area contributed by atoms with Crippen LogP contribution in [0.2, 0.25) is 0 Å². The van der Waals surface area contributed by atoms with Crippen molar-refractivity contribution < 1.29 is 23.7 Å². The van der Waals surface area contributed by atoms with Crippen LogP contribution in [0.15, 0.2) is 48.5 Å². The van der Waals surface area contributed by atoms with Gasteiger partial charge in [0.1, 0.15) is 19.0 Å². The predicted molar refractivity (Wildman–Crippen MR) is 92.1 cm³/mol. The molecule has 3 rings (SSSR count). The van der Waals surface area contributed by atoms with E-state index in [2.05, 4.69) is 5.32 Å². The molecule has 1 N–H and O–H groups in total. The number of carbonyl (C=O) groups excluding carboxylic acids is 1. The molecule has 0 spiro atoms. The number of methoxy groups -OCH3 is 1. The molecule has 0 saturated heterocycles. The van der Waals surface area contributed by atoms with Crippen molar-refractivity contribution in [2.45, 2.75) is 25.7 Å². The van der Waals surface area contributed by atoms with E-state index < -0.39 is 6.09 Å². The highest BCUT2D eigenvalue weighted by Crippen LogP contribution is 2.31. The first kappa shape index (κ1) is 17.0. The zero-order chi connectivity index (χ0) is 17.6. The van der Waals surface area contributed by atoms with E-state index in [9.17, 15) is 4.79 Å². The van der Waals surface area contributed by atoms with E-state index in [4.69, 9.17) is 18.9 Å². The Labute approximate surface area is 146 Å². The van der Waals surface area contributed by atoms with Crippen LogP contribution in [0.4, 0.5) is 4.79 Å². The average Bonchev–Trinajstić information content (AvgIpc) is 2.66. The van der Waals surface area contributed by atoms with Gasteiger partial charge in [-0.1, -0.05) is 24.3 Å². The Morgan fingerprint density at radius 2 is 2.04 bits per heavy atom. The topological polar surface area (TPSA) is 66.0 Å². The van der Waals surface area contributed by atoms with E-state index in [0.29, 0.717) is 18.1 Å². The molecule has 0 radical (unpaired) electrons. The van der Waals surface area contributed by atoms with Crippen molar-refractivity contribution in [3.8, 4) is 17.2 Å². The molecule has 1 amide bonds. The fourth-order valence-corrected chi connectivity index (χ4v) is 2.51. The number of benzene rings is 2. The fraction of sp³-hybridized carbons (Fsp3) is 0.316. The molecule has 0 aromatic heterocycles. The minimum Gasteiger partial charge on any atom is -0.497 e. The van der Waals surface area contributed by atoms with Gasteiger partial charge in [-0.2, -0.15) is 0 Å². The van der Waals surface area contributed by atoms with Gasteiger partial charge in [-0.25, -0.2) is 4.79 Å². The zero-order valence-corrected chi connectivity index (χ0v) is 14.2. The molecule has 2 aromatic carbocycles. The van der Waals surface area contributed by atoms with E-state index in [1.165, 1.54) is 0 Å². The lowest BCUT2D eigenvalue weighted by Crippen LogP contribution is -2.48. The minimum absolute atomic E-state index is 0.167. The van der Waals surface area contributed by atoms with Crippen LogP contribution in [0.1, 0.15) is 12.5 Å². The third-order valence-electron chi connectivity index (χ3n) is 3.94. The largest absolute Gasteiger partial charge is 0.497 e. The van der Waals surface area contributed by atoms with E-state index in [-0.39, 0.29) is 18.8 Å². The molecule has 0 saturated carbocycles. The Bertz CT molecular complexity index is 733. The first-order valence-corrected chi connectivity index (χ1v) is 8.10. The Morgan fingerprint density at radius 1 is 1.24 bits per heavy atom. The number of hydrogen-bond donors (Lipinski definition) is 1. The normalized spacial score (nSPS) is 16.6. The summed E-state index contributed by atoms with van der Waals surface area (Å²) in [5, 5.41) is 2.78. The van der Waals surface area contributed by atoms with Crippen molar-refractivity contribution in [2.75, 3.05) is 13.7 Å². The van der Waals surface area contributed by atoms with Gasteiger partial charge in [0.25, 0.3) is 0 Å². The molecule has 0 aliphatic carbocycles. The molecule has 0 unspecified atom stereocenters. The van der Waals surface area contributed by atoms with E-state index >= 15 is 0 Å². The van der Waals surface area contributed by atoms with Crippen molar-refractivity contribution >= 4 is 6.09 Å². The second kappa shape index (κ2) is 7.79. The van der Waals surface area contributed by atoms with Crippen molar-refractivity contribution in [1.82, 2.24) is 5.32 Å². The van der Waals surface area contributed by atoms with E-state index in [1.54, 1.807) is 7.11 Å². The highest BCUT2D eigenvalue weighted by Gasteiger charge is 2.27. The van der Waals surface area contributed by atoms with Crippen LogP contribution in [0.3, 0.4) is 0 Å². The molecule has 1 aliphatic rings. The van der Waals surface area contributed by atoms with E-state index in [0.717, 1.165) is 11.3 Å². The molecule has 2 aromatic rings. The van der Waals surface area contributed by atoms with Gasteiger partial charge in [-0.05, 0) is 36.8 Å². The maximum absolute atomic E-state index is 12.0. The number of rotatable bonds is 5. The van der Waals surface area contributed by atoms with Crippen LogP contribution in [0.25, 0.3) is 0 Å². The Hall–Kier alpha value is -2.89. The number of hydrogen-bond acceptors (Lipinski definition) is 5. The third kappa shape index (κ3) is 4.35. The van der Waals surface area contributed by atoms with Gasteiger partial charge in [0.2, 0.25) is 0 Å². The van der Waals surface area contributed by atoms with Gasteiger partial charge in [0.05, 0.1) is 13.2 Å². The lowest BCUT2D eigenvalue weighted by atomic mass is 10.1. The van der Waals surface area contributed by atoms with Crippen LogP contribution >= 0.6 is 0 Å². The number of alkyl carbamates (subject to hydrolysis) is 1. The van der Waals surface area contributed by atoms with Crippen LogP contribution in [-0.4, -0.2) is 32.0 Å². The molecule has 2 atom stereocenters.